The number of anilines is 1. The molecule has 0 fully saturated rings. The number of methoxy groups -OCH3 is 1. The largest absolute Gasteiger partial charge is 0.495 e. The van der Waals surface area contributed by atoms with Crippen LogP contribution in [0.2, 0.25) is 0 Å². The smallest absolute Gasteiger partial charge is 0.255 e. The zero-order valence-electron chi connectivity index (χ0n) is 18.3. The third kappa shape index (κ3) is 6.56. The van der Waals surface area contributed by atoms with Crippen LogP contribution in [0.1, 0.15) is 15.9 Å². The molecule has 0 spiro atoms. The molecule has 0 unspecified atom stereocenters. The van der Waals surface area contributed by atoms with Crippen LogP contribution in [0.3, 0.4) is 0 Å². The highest BCUT2D eigenvalue weighted by atomic mass is 32.2. The van der Waals surface area contributed by atoms with Gasteiger partial charge in [-0.3, -0.25) is 4.79 Å². The quantitative estimate of drug-likeness (QED) is 0.378. The van der Waals surface area contributed by atoms with Crippen LogP contribution in [0.5, 0.6) is 5.75 Å². The number of ether oxygens (including phenoxy) is 1. The van der Waals surface area contributed by atoms with Crippen LogP contribution in [0.25, 0.3) is 11.1 Å². The van der Waals surface area contributed by atoms with Crippen molar-refractivity contribution in [3.8, 4) is 16.9 Å². The van der Waals surface area contributed by atoms with Crippen LogP contribution < -0.4 is 20.5 Å². The van der Waals surface area contributed by atoms with Crippen LogP contribution in [-0.2, 0) is 16.6 Å². The average molecular weight is 511 g/mol. The standard InChI is InChI=1S/C23H21F4N3O4S/c1-34-20-10-16(4-7-21(20)35(28,32)33)30-23(31)13-2-5-17(14(8-13)11-29-12-22(26)27)18-6-3-15(24)9-19(18)25/h2-10,22,29H,11-12H2,1H3,(H,30,31)(H2,28,32,33). The molecule has 0 aliphatic carbocycles. The van der Waals surface area contributed by atoms with Crippen molar-refractivity contribution in [1.29, 1.82) is 0 Å². The number of nitrogens with one attached hydrogen (secondary N) is 2. The molecule has 3 rings (SSSR count). The number of benzene rings is 3. The topological polar surface area (TPSA) is 111 Å². The molecule has 0 radical (unpaired) electrons. The normalized spacial score (nSPS) is 11.5. The van der Waals surface area contributed by atoms with E-state index in [4.69, 9.17) is 9.88 Å². The van der Waals surface area contributed by atoms with Crippen LogP contribution in [0.4, 0.5) is 23.2 Å². The number of rotatable bonds is 9. The fourth-order valence-electron chi connectivity index (χ4n) is 3.35. The molecule has 0 aromatic heterocycles. The Morgan fingerprint density at radius 2 is 1.74 bits per heavy atom. The van der Waals surface area contributed by atoms with Gasteiger partial charge < -0.3 is 15.4 Å². The first-order chi connectivity index (χ1) is 16.5. The Balaban J connectivity index is 1.93. The summed E-state index contributed by atoms with van der Waals surface area (Å²) < 4.78 is 81.2. The van der Waals surface area contributed by atoms with Crippen molar-refractivity contribution < 1.29 is 35.5 Å². The molecule has 0 saturated carbocycles. The van der Waals surface area contributed by atoms with Gasteiger partial charge in [-0.2, -0.15) is 0 Å². The van der Waals surface area contributed by atoms with Crippen molar-refractivity contribution in [1.82, 2.24) is 5.32 Å². The Kier molecular flexibility index (Phi) is 8.10. The highest BCUT2D eigenvalue weighted by Gasteiger charge is 2.18. The number of hydrogen-bond acceptors (Lipinski definition) is 5. The van der Waals surface area contributed by atoms with E-state index in [0.29, 0.717) is 17.2 Å². The van der Waals surface area contributed by atoms with Gasteiger partial charge in [-0.15, -0.1) is 0 Å². The van der Waals surface area contributed by atoms with Crippen molar-refractivity contribution in [2.45, 2.75) is 17.9 Å². The molecule has 12 heteroatoms. The summed E-state index contributed by atoms with van der Waals surface area (Å²) in [5.41, 5.74) is 0.964. The van der Waals surface area contributed by atoms with E-state index in [1.165, 1.54) is 49.6 Å². The predicted molar refractivity (Wildman–Crippen MR) is 122 cm³/mol. The highest BCUT2D eigenvalue weighted by Crippen LogP contribution is 2.29. The monoisotopic (exact) mass is 511 g/mol. The molecular weight excluding hydrogens is 490 g/mol. The third-order valence-corrected chi connectivity index (χ3v) is 5.88. The maximum Gasteiger partial charge on any atom is 0.255 e. The van der Waals surface area contributed by atoms with Gasteiger partial charge in [-0.1, -0.05) is 6.07 Å². The van der Waals surface area contributed by atoms with Crippen LogP contribution >= 0.6 is 0 Å². The van der Waals surface area contributed by atoms with Crippen LogP contribution in [0, 0.1) is 11.6 Å². The number of carbonyl (C=O) groups excluding carboxylic acids is 1. The van der Waals surface area contributed by atoms with Gasteiger partial charge in [0.25, 0.3) is 12.3 Å². The summed E-state index contributed by atoms with van der Waals surface area (Å²) in [7, 11) is -2.82. The van der Waals surface area contributed by atoms with Gasteiger partial charge in [0.05, 0.1) is 13.7 Å². The first-order valence-electron chi connectivity index (χ1n) is 10.1. The number of sulfonamides is 1. The lowest BCUT2D eigenvalue weighted by Crippen LogP contribution is -2.21. The first-order valence-corrected chi connectivity index (χ1v) is 11.6. The molecule has 0 aliphatic rings. The zero-order valence-corrected chi connectivity index (χ0v) is 19.1. The third-order valence-electron chi connectivity index (χ3n) is 4.93. The number of carbonyl (C=O) groups is 1. The molecular formula is C23H21F4N3O4S. The number of hydrogen-bond donors (Lipinski definition) is 3. The van der Waals surface area contributed by atoms with Crippen LogP contribution in [0.15, 0.2) is 59.5 Å². The van der Waals surface area contributed by atoms with E-state index in [1.54, 1.807) is 0 Å². The second kappa shape index (κ2) is 10.8. The molecule has 3 aromatic carbocycles. The number of halogens is 4. The number of amides is 1. The van der Waals surface area contributed by atoms with E-state index in [-0.39, 0.29) is 34.0 Å². The van der Waals surface area contributed by atoms with Crippen molar-refractivity contribution in [3.05, 3.63) is 77.4 Å². The molecule has 0 heterocycles. The van der Waals surface area contributed by atoms with Gasteiger partial charge in [0.15, 0.2) is 0 Å². The van der Waals surface area contributed by atoms with E-state index in [9.17, 15) is 30.8 Å². The summed E-state index contributed by atoms with van der Waals surface area (Å²) in [5.74, 6) is -2.32. The van der Waals surface area contributed by atoms with Crippen molar-refractivity contribution in [3.63, 3.8) is 0 Å². The van der Waals surface area contributed by atoms with Crippen molar-refractivity contribution in [2.75, 3.05) is 19.0 Å². The van der Waals surface area contributed by atoms with Gasteiger partial charge in [-0.25, -0.2) is 31.1 Å². The number of nitrogens with two attached hydrogens (primary N) is 1. The Morgan fingerprint density at radius 3 is 2.37 bits per heavy atom. The minimum atomic E-state index is -4.05. The second-order valence-electron chi connectivity index (χ2n) is 7.38. The van der Waals surface area contributed by atoms with Gasteiger partial charge in [-0.05, 0) is 47.5 Å². The Bertz CT molecular complexity index is 1350. The van der Waals surface area contributed by atoms with E-state index in [2.05, 4.69) is 10.6 Å². The van der Waals surface area contributed by atoms with Gasteiger partial charge in [0.1, 0.15) is 22.3 Å². The highest BCUT2D eigenvalue weighted by molar-refractivity contribution is 7.89. The molecule has 186 valence electrons. The fourth-order valence-corrected chi connectivity index (χ4v) is 4.03. The molecule has 35 heavy (non-hydrogen) atoms. The zero-order chi connectivity index (χ0) is 25.8. The van der Waals surface area contributed by atoms with E-state index >= 15 is 0 Å². The number of primary sulfonamides is 1. The molecule has 0 bridgehead atoms. The molecule has 0 atom stereocenters. The molecule has 4 N–H and O–H groups in total. The van der Waals surface area contributed by atoms with Crippen LogP contribution in [-0.4, -0.2) is 34.4 Å². The molecule has 7 nitrogen and oxygen atoms in total. The van der Waals surface area contributed by atoms with Gasteiger partial charge >= 0.3 is 0 Å². The summed E-state index contributed by atoms with van der Waals surface area (Å²) in [5, 5.41) is 10.2. The molecule has 0 aliphatic heterocycles. The summed E-state index contributed by atoms with van der Waals surface area (Å²) in [6.07, 6.45) is -2.62. The van der Waals surface area contributed by atoms with Gasteiger partial charge in [0.2, 0.25) is 10.0 Å². The van der Waals surface area contributed by atoms with Crippen molar-refractivity contribution >= 4 is 21.6 Å². The van der Waals surface area contributed by atoms with E-state index in [1.807, 2.05) is 0 Å². The van der Waals surface area contributed by atoms with E-state index < -0.39 is 40.5 Å². The Morgan fingerprint density at radius 1 is 1.03 bits per heavy atom. The molecule has 0 saturated heterocycles. The summed E-state index contributed by atoms with van der Waals surface area (Å²) in [6.45, 7) is -0.744. The summed E-state index contributed by atoms with van der Waals surface area (Å²) in [4.78, 5) is 12.6. The Hall–Kier alpha value is -3.48. The summed E-state index contributed by atoms with van der Waals surface area (Å²) in [6, 6.07) is 10.9. The van der Waals surface area contributed by atoms with Crippen molar-refractivity contribution in [2.24, 2.45) is 5.14 Å². The van der Waals surface area contributed by atoms with Gasteiger partial charge in [0, 0.05) is 35.5 Å². The lowest BCUT2D eigenvalue weighted by molar-refractivity contribution is 0.102. The maximum absolute atomic E-state index is 14.4. The maximum atomic E-state index is 14.4. The first kappa shape index (κ1) is 26.1. The predicted octanol–water partition coefficient (Wildman–Crippen LogP) is 3.89. The number of alkyl halides is 2. The minimum absolute atomic E-state index is 0.0375. The lowest BCUT2D eigenvalue weighted by Gasteiger charge is -2.15. The SMILES string of the molecule is COc1cc(NC(=O)c2ccc(-c3ccc(F)cc3F)c(CNCC(F)F)c2)ccc1S(N)(=O)=O. The lowest BCUT2D eigenvalue weighted by atomic mass is 9.96. The molecule has 1 amide bonds. The minimum Gasteiger partial charge on any atom is -0.495 e. The average Bonchev–Trinajstić information content (AvgIpc) is 2.78. The molecule has 3 aromatic rings. The fraction of sp³-hybridized carbons (Fsp3) is 0.174. The Labute approximate surface area is 199 Å². The second-order valence-corrected chi connectivity index (χ2v) is 8.91. The summed E-state index contributed by atoms with van der Waals surface area (Å²) >= 11 is 0. The van der Waals surface area contributed by atoms with E-state index in [0.717, 1.165) is 6.07 Å².